The topological polar surface area (TPSA) is 134 Å². The molecule has 5 rings (SSSR count). The van der Waals surface area contributed by atoms with Crippen molar-refractivity contribution in [3.8, 4) is 17.3 Å². The molecule has 0 bridgehead atoms. The van der Waals surface area contributed by atoms with Crippen molar-refractivity contribution in [3.63, 3.8) is 0 Å². The van der Waals surface area contributed by atoms with Crippen molar-refractivity contribution in [1.82, 2.24) is 25.3 Å². The molecule has 3 N–H and O–H groups in total. The summed E-state index contributed by atoms with van der Waals surface area (Å²) >= 11 is 0. The standard InChI is InChI=1S/C23H29N5O5S/c1-32-18-3-5-19-16(14-18)2-4-20(25-19)21-26-22(33-27-21)15-6-10-28(11-7-15)23(29)24-17-8-12-34(30,31)13-9-17/h2-5,14-15,17,30-31H,6-13H2,1H3,(H,24,29). The van der Waals surface area contributed by atoms with Crippen molar-refractivity contribution in [1.29, 1.82) is 0 Å². The summed E-state index contributed by atoms with van der Waals surface area (Å²) in [5.74, 6) is 2.62. The number of hydrogen-bond acceptors (Lipinski definition) is 8. The average Bonchev–Trinajstić information content (AvgIpc) is 3.35. The number of aromatic nitrogens is 3. The number of hydrogen-bond donors (Lipinski definition) is 3. The van der Waals surface area contributed by atoms with E-state index in [-0.39, 0.29) is 18.0 Å². The van der Waals surface area contributed by atoms with E-state index in [0.717, 1.165) is 29.5 Å². The van der Waals surface area contributed by atoms with Gasteiger partial charge in [0.05, 0.1) is 12.6 Å². The summed E-state index contributed by atoms with van der Waals surface area (Å²) in [5.41, 5.74) is 1.47. The van der Waals surface area contributed by atoms with Crippen LogP contribution in [0.5, 0.6) is 5.75 Å². The normalized spacial score (nSPS) is 20.3. The van der Waals surface area contributed by atoms with Crippen LogP contribution in [0.25, 0.3) is 22.4 Å². The van der Waals surface area contributed by atoms with Gasteiger partial charge in [-0.1, -0.05) is 11.2 Å². The Labute approximate surface area is 199 Å². The molecule has 34 heavy (non-hydrogen) atoms. The number of likely N-dealkylation sites (tertiary alicyclic amines) is 1. The van der Waals surface area contributed by atoms with E-state index < -0.39 is 10.6 Å². The number of methoxy groups -OCH3 is 1. The van der Waals surface area contributed by atoms with Crippen LogP contribution in [0.15, 0.2) is 34.9 Å². The summed E-state index contributed by atoms with van der Waals surface area (Å²) in [4.78, 5) is 23.7. The first-order valence-corrected chi connectivity index (χ1v) is 13.4. The molecule has 0 atom stereocenters. The molecule has 10 nitrogen and oxygen atoms in total. The minimum Gasteiger partial charge on any atom is -0.497 e. The highest BCUT2D eigenvalue weighted by Crippen LogP contribution is 2.43. The molecule has 2 fully saturated rings. The quantitative estimate of drug-likeness (QED) is 0.501. The van der Waals surface area contributed by atoms with Crippen molar-refractivity contribution in [2.45, 2.75) is 37.6 Å². The maximum atomic E-state index is 12.6. The number of nitrogens with one attached hydrogen (secondary N) is 1. The third kappa shape index (κ3) is 4.96. The number of urea groups is 1. The lowest BCUT2D eigenvalue weighted by molar-refractivity contribution is 0.171. The summed E-state index contributed by atoms with van der Waals surface area (Å²) in [5, 5.41) is 8.15. The molecule has 3 aromatic rings. The Bertz CT molecular complexity index is 1170. The third-order valence-corrected chi connectivity index (χ3v) is 8.39. The Morgan fingerprint density at radius 1 is 1.12 bits per heavy atom. The third-order valence-electron chi connectivity index (χ3n) is 6.61. The number of fused-ring (bicyclic) bond motifs is 1. The second-order valence-corrected chi connectivity index (χ2v) is 11.3. The van der Waals surface area contributed by atoms with E-state index >= 15 is 0 Å². The lowest BCUT2D eigenvalue weighted by atomic mass is 9.97. The molecule has 0 radical (unpaired) electrons. The molecule has 2 aliphatic heterocycles. The van der Waals surface area contributed by atoms with Gasteiger partial charge in [-0.05, 0) is 49.9 Å². The molecule has 0 spiro atoms. The van der Waals surface area contributed by atoms with E-state index in [9.17, 15) is 13.9 Å². The number of rotatable bonds is 4. The number of amides is 2. The number of carbonyl (C=O) groups excluding carboxylic acids is 1. The van der Waals surface area contributed by atoms with Crippen LogP contribution in [0.1, 0.15) is 37.5 Å². The molecular formula is C23H29N5O5S. The predicted molar refractivity (Wildman–Crippen MR) is 129 cm³/mol. The van der Waals surface area contributed by atoms with Crippen LogP contribution in [0, 0.1) is 0 Å². The van der Waals surface area contributed by atoms with E-state index in [1.54, 1.807) is 12.0 Å². The van der Waals surface area contributed by atoms with Crippen molar-refractivity contribution in [3.05, 3.63) is 36.2 Å². The highest BCUT2D eigenvalue weighted by molar-refractivity contribution is 8.24. The Morgan fingerprint density at radius 2 is 1.88 bits per heavy atom. The summed E-state index contributed by atoms with van der Waals surface area (Å²) in [7, 11) is -0.809. The largest absolute Gasteiger partial charge is 0.497 e. The van der Waals surface area contributed by atoms with Crippen molar-refractivity contribution in [2.24, 2.45) is 0 Å². The first kappa shape index (κ1) is 22.9. The van der Waals surface area contributed by atoms with Crippen LogP contribution in [-0.4, -0.2) is 72.9 Å². The second-order valence-electron chi connectivity index (χ2n) is 8.91. The van der Waals surface area contributed by atoms with Gasteiger partial charge in [0, 0.05) is 41.9 Å². The number of carbonyl (C=O) groups is 1. The van der Waals surface area contributed by atoms with E-state index in [2.05, 4.69) is 20.4 Å². The Morgan fingerprint density at radius 3 is 2.62 bits per heavy atom. The smallest absolute Gasteiger partial charge is 0.317 e. The number of ether oxygens (including phenoxy) is 1. The Kier molecular flexibility index (Phi) is 6.32. The molecule has 0 unspecified atom stereocenters. The van der Waals surface area contributed by atoms with Gasteiger partial charge in [0.1, 0.15) is 11.4 Å². The summed E-state index contributed by atoms with van der Waals surface area (Å²) < 4.78 is 30.3. The fraction of sp³-hybridized carbons (Fsp3) is 0.478. The second kappa shape index (κ2) is 9.40. The van der Waals surface area contributed by atoms with Gasteiger partial charge < -0.3 is 19.5 Å². The van der Waals surface area contributed by atoms with E-state index in [0.29, 0.717) is 54.8 Å². The van der Waals surface area contributed by atoms with Crippen molar-refractivity contribution >= 4 is 27.5 Å². The van der Waals surface area contributed by atoms with E-state index in [4.69, 9.17) is 9.26 Å². The zero-order chi connectivity index (χ0) is 23.7. The first-order chi connectivity index (χ1) is 16.4. The highest BCUT2D eigenvalue weighted by Gasteiger charge is 2.30. The molecule has 2 amide bonds. The van der Waals surface area contributed by atoms with Gasteiger partial charge in [-0.3, -0.25) is 9.11 Å². The number of piperidine rings is 1. The molecule has 1 aromatic carbocycles. The van der Waals surface area contributed by atoms with Crippen LogP contribution < -0.4 is 10.1 Å². The minimum atomic E-state index is -2.44. The van der Waals surface area contributed by atoms with Crippen LogP contribution >= 0.6 is 10.6 Å². The van der Waals surface area contributed by atoms with Crippen LogP contribution in [-0.2, 0) is 0 Å². The fourth-order valence-electron chi connectivity index (χ4n) is 4.51. The number of pyridine rings is 1. The molecule has 0 saturated carbocycles. The van der Waals surface area contributed by atoms with E-state index in [1.165, 1.54) is 0 Å². The highest BCUT2D eigenvalue weighted by atomic mass is 32.3. The molecule has 2 aromatic heterocycles. The molecule has 0 aliphatic carbocycles. The molecular weight excluding hydrogens is 458 g/mol. The first-order valence-electron chi connectivity index (χ1n) is 11.5. The Hall–Kier alpha value is -2.89. The molecule has 4 heterocycles. The van der Waals surface area contributed by atoms with Crippen LogP contribution in [0.2, 0.25) is 0 Å². The number of benzene rings is 1. The van der Waals surface area contributed by atoms with Crippen molar-refractivity contribution in [2.75, 3.05) is 31.7 Å². The fourth-order valence-corrected chi connectivity index (χ4v) is 6.04. The van der Waals surface area contributed by atoms with Gasteiger partial charge in [0.25, 0.3) is 0 Å². The van der Waals surface area contributed by atoms with Crippen molar-refractivity contribution < 1.29 is 23.2 Å². The zero-order valence-corrected chi connectivity index (χ0v) is 19.8. The van der Waals surface area contributed by atoms with Gasteiger partial charge in [-0.15, -0.1) is 0 Å². The SMILES string of the molecule is COc1ccc2nc(-c3noc(C4CCN(C(=O)NC5CCS(O)(O)CC5)CC4)n3)ccc2c1. The summed E-state index contributed by atoms with van der Waals surface area (Å²) in [6.07, 6.45) is 2.69. The number of nitrogens with zero attached hydrogens (tertiary/aromatic N) is 4. The van der Waals surface area contributed by atoms with E-state index in [1.807, 2.05) is 30.3 Å². The molecule has 2 aliphatic rings. The summed E-state index contributed by atoms with van der Waals surface area (Å²) in [6, 6.07) is 9.43. The van der Waals surface area contributed by atoms with Gasteiger partial charge in [-0.2, -0.15) is 15.6 Å². The monoisotopic (exact) mass is 487 g/mol. The van der Waals surface area contributed by atoms with Crippen LogP contribution in [0.3, 0.4) is 0 Å². The molecule has 11 heteroatoms. The average molecular weight is 488 g/mol. The summed E-state index contributed by atoms with van der Waals surface area (Å²) in [6.45, 7) is 1.21. The van der Waals surface area contributed by atoms with Gasteiger partial charge in [0.15, 0.2) is 0 Å². The van der Waals surface area contributed by atoms with Crippen LogP contribution in [0.4, 0.5) is 4.79 Å². The Balaban J connectivity index is 1.17. The predicted octanol–water partition coefficient (Wildman–Crippen LogP) is 4.10. The van der Waals surface area contributed by atoms with Gasteiger partial charge in [0.2, 0.25) is 11.7 Å². The maximum Gasteiger partial charge on any atom is 0.317 e. The minimum absolute atomic E-state index is 0.000752. The molecule has 2 saturated heterocycles. The maximum absolute atomic E-state index is 12.6. The molecule has 182 valence electrons. The van der Waals surface area contributed by atoms with Gasteiger partial charge >= 0.3 is 6.03 Å². The lowest BCUT2D eigenvalue weighted by Crippen LogP contribution is -2.49. The lowest BCUT2D eigenvalue weighted by Gasteiger charge is -2.40. The zero-order valence-electron chi connectivity index (χ0n) is 19.0. The van der Waals surface area contributed by atoms with Gasteiger partial charge in [-0.25, -0.2) is 9.78 Å².